The van der Waals surface area contributed by atoms with E-state index in [1.165, 1.54) is 14.0 Å². The van der Waals surface area contributed by atoms with Crippen LogP contribution in [0, 0.1) is 0 Å². The van der Waals surface area contributed by atoms with Gasteiger partial charge in [0.05, 0.1) is 11.6 Å². The zero-order chi connectivity index (χ0) is 12.3. The quantitative estimate of drug-likeness (QED) is 0.887. The van der Waals surface area contributed by atoms with E-state index in [1.807, 2.05) is 0 Å². The first-order chi connectivity index (χ1) is 7.38. The summed E-state index contributed by atoms with van der Waals surface area (Å²) in [5.41, 5.74) is -1.15. The number of methoxy groups -OCH3 is 1. The van der Waals surface area contributed by atoms with Gasteiger partial charge in [0, 0.05) is 6.42 Å². The molecular formula is C11H13BrO4. The molecule has 0 bridgehead atoms. The maximum Gasteiger partial charge on any atom is 0.335 e. The fourth-order valence-electron chi connectivity index (χ4n) is 1.37. The number of hydrogen-bond acceptors (Lipinski definition) is 3. The van der Waals surface area contributed by atoms with Crippen molar-refractivity contribution in [1.82, 2.24) is 0 Å². The van der Waals surface area contributed by atoms with Crippen LogP contribution in [0.5, 0.6) is 5.75 Å². The van der Waals surface area contributed by atoms with Crippen LogP contribution in [-0.2, 0) is 11.2 Å². The fourth-order valence-corrected chi connectivity index (χ4v) is 1.94. The molecule has 4 nitrogen and oxygen atoms in total. The molecule has 16 heavy (non-hydrogen) atoms. The molecule has 1 aromatic rings. The molecule has 1 rings (SSSR count). The van der Waals surface area contributed by atoms with Gasteiger partial charge in [0.15, 0.2) is 5.60 Å². The second-order valence-electron chi connectivity index (χ2n) is 3.69. The number of carboxylic acids is 1. The molecule has 0 aliphatic rings. The molecule has 1 unspecified atom stereocenters. The molecule has 0 aliphatic carbocycles. The van der Waals surface area contributed by atoms with Gasteiger partial charge >= 0.3 is 5.97 Å². The normalized spacial score (nSPS) is 14.2. The number of aliphatic carboxylic acids is 1. The Bertz CT molecular complexity index is 401. The van der Waals surface area contributed by atoms with Crippen LogP contribution in [-0.4, -0.2) is 28.9 Å². The number of benzene rings is 1. The van der Waals surface area contributed by atoms with E-state index in [-0.39, 0.29) is 6.42 Å². The number of carbonyl (C=O) groups is 1. The Balaban J connectivity index is 3.06. The van der Waals surface area contributed by atoms with Gasteiger partial charge in [-0.3, -0.25) is 0 Å². The van der Waals surface area contributed by atoms with Gasteiger partial charge in [-0.15, -0.1) is 0 Å². The first-order valence-corrected chi connectivity index (χ1v) is 5.45. The standard InChI is InChI=1S/C11H13BrO4/c1-11(15,10(13)14)6-7-4-3-5-8(12)9(7)16-2/h3-5,15H,6H2,1-2H3,(H,13,14). The third-order valence-electron chi connectivity index (χ3n) is 2.25. The number of para-hydroxylation sites is 1. The van der Waals surface area contributed by atoms with Crippen molar-refractivity contribution < 1.29 is 19.7 Å². The van der Waals surface area contributed by atoms with Crippen LogP contribution < -0.4 is 4.74 Å². The lowest BCUT2D eigenvalue weighted by molar-refractivity contribution is -0.156. The molecule has 5 heteroatoms. The summed E-state index contributed by atoms with van der Waals surface area (Å²) >= 11 is 3.30. The minimum absolute atomic E-state index is 0.00898. The van der Waals surface area contributed by atoms with Crippen LogP contribution in [0.2, 0.25) is 0 Å². The van der Waals surface area contributed by atoms with E-state index in [9.17, 15) is 9.90 Å². The highest BCUT2D eigenvalue weighted by molar-refractivity contribution is 9.10. The molecule has 0 radical (unpaired) electrons. The summed E-state index contributed by atoms with van der Waals surface area (Å²) in [4.78, 5) is 10.8. The summed E-state index contributed by atoms with van der Waals surface area (Å²) in [5.74, 6) is -0.710. The zero-order valence-electron chi connectivity index (χ0n) is 9.03. The van der Waals surface area contributed by atoms with Crippen molar-refractivity contribution in [3.8, 4) is 5.75 Å². The molecule has 0 spiro atoms. The SMILES string of the molecule is COc1c(Br)cccc1CC(C)(O)C(=O)O. The third kappa shape index (κ3) is 2.74. The minimum Gasteiger partial charge on any atom is -0.495 e. The summed E-state index contributed by atoms with van der Waals surface area (Å²) in [6, 6.07) is 5.28. The van der Waals surface area contributed by atoms with Crippen molar-refractivity contribution in [2.24, 2.45) is 0 Å². The van der Waals surface area contributed by atoms with Gasteiger partial charge in [-0.05, 0) is 34.5 Å². The lowest BCUT2D eigenvalue weighted by Gasteiger charge is -2.19. The van der Waals surface area contributed by atoms with Crippen molar-refractivity contribution in [2.75, 3.05) is 7.11 Å². The highest BCUT2D eigenvalue weighted by Crippen LogP contribution is 2.31. The summed E-state index contributed by atoms with van der Waals surface area (Å²) in [6.45, 7) is 1.26. The van der Waals surface area contributed by atoms with Crippen LogP contribution in [0.3, 0.4) is 0 Å². The van der Waals surface area contributed by atoms with E-state index in [4.69, 9.17) is 9.84 Å². The Morgan fingerprint density at radius 3 is 2.69 bits per heavy atom. The van der Waals surface area contributed by atoms with Crippen LogP contribution in [0.4, 0.5) is 0 Å². The van der Waals surface area contributed by atoms with Gasteiger partial charge in [0.25, 0.3) is 0 Å². The van der Waals surface area contributed by atoms with Gasteiger partial charge in [-0.2, -0.15) is 0 Å². The predicted octanol–water partition coefficient (Wildman–Crippen LogP) is 1.84. The molecule has 1 atom stereocenters. The molecule has 0 aromatic heterocycles. The average Bonchev–Trinajstić information content (AvgIpc) is 2.17. The Labute approximate surface area is 102 Å². The summed E-state index contributed by atoms with van der Waals surface area (Å²) < 4.78 is 5.88. The summed E-state index contributed by atoms with van der Waals surface area (Å²) in [5, 5.41) is 18.5. The van der Waals surface area contributed by atoms with Crippen molar-refractivity contribution in [1.29, 1.82) is 0 Å². The number of halogens is 1. The van der Waals surface area contributed by atoms with Crippen molar-refractivity contribution in [3.63, 3.8) is 0 Å². The molecule has 0 saturated carbocycles. The third-order valence-corrected chi connectivity index (χ3v) is 2.87. The average molecular weight is 289 g/mol. The predicted molar refractivity (Wildman–Crippen MR) is 62.7 cm³/mol. The van der Waals surface area contributed by atoms with E-state index in [1.54, 1.807) is 18.2 Å². The lowest BCUT2D eigenvalue weighted by Crippen LogP contribution is -2.37. The molecule has 0 saturated heterocycles. The molecule has 0 heterocycles. The van der Waals surface area contributed by atoms with E-state index in [0.29, 0.717) is 11.3 Å². The van der Waals surface area contributed by atoms with E-state index >= 15 is 0 Å². The molecule has 88 valence electrons. The number of carboxylic acid groups (broad SMARTS) is 1. The highest BCUT2D eigenvalue weighted by Gasteiger charge is 2.31. The maximum absolute atomic E-state index is 10.8. The van der Waals surface area contributed by atoms with Gasteiger partial charge < -0.3 is 14.9 Å². The van der Waals surface area contributed by atoms with Crippen molar-refractivity contribution in [3.05, 3.63) is 28.2 Å². The molecule has 2 N–H and O–H groups in total. The largest absolute Gasteiger partial charge is 0.495 e. The van der Waals surface area contributed by atoms with Gasteiger partial charge in [0.1, 0.15) is 5.75 Å². The molecule has 1 aromatic carbocycles. The summed E-state index contributed by atoms with van der Waals surface area (Å²) in [7, 11) is 1.50. The Kier molecular flexibility index (Phi) is 3.93. The van der Waals surface area contributed by atoms with Gasteiger partial charge in [-0.1, -0.05) is 12.1 Å². The van der Waals surface area contributed by atoms with Crippen LogP contribution in [0.15, 0.2) is 22.7 Å². The zero-order valence-corrected chi connectivity index (χ0v) is 10.6. The molecular weight excluding hydrogens is 276 g/mol. The number of ether oxygens (including phenoxy) is 1. The van der Waals surface area contributed by atoms with Crippen LogP contribution >= 0.6 is 15.9 Å². The van der Waals surface area contributed by atoms with Gasteiger partial charge in [-0.25, -0.2) is 4.79 Å². The number of hydrogen-bond donors (Lipinski definition) is 2. The van der Waals surface area contributed by atoms with Crippen molar-refractivity contribution >= 4 is 21.9 Å². The second kappa shape index (κ2) is 4.84. The van der Waals surface area contributed by atoms with Crippen LogP contribution in [0.1, 0.15) is 12.5 Å². The minimum atomic E-state index is -1.80. The Morgan fingerprint density at radius 1 is 1.56 bits per heavy atom. The molecule has 0 aliphatic heterocycles. The Hall–Kier alpha value is -1.07. The summed E-state index contributed by atoms with van der Waals surface area (Å²) in [6.07, 6.45) is -0.00898. The lowest BCUT2D eigenvalue weighted by atomic mass is 9.96. The fraction of sp³-hybridized carbons (Fsp3) is 0.364. The first-order valence-electron chi connectivity index (χ1n) is 4.65. The van der Waals surface area contributed by atoms with E-state index in [0.717, 1.165) is 4.47 Å². The van der Waals surface area contributed by atoms with Crippen molar-refractivity contribution in [2.45, 2.75) is 18.9 Å². The smallest absolute Gasteiger partial charge is 0.335 e. The number of aliphatic hydroxyl groups is 1. The molecule has 0 fully saturated rings. The highest BCUT2D eigenvalue weighted by atomic mass is 79.9. The molecule has 0 amide bonds. The second-order valence-corrected chi connectivity index (χ2v) is 4.54. The maximum atomic E-state index is 10.8. The van der Waals surface area contributed by atoms with Crippen LogP contribution in [0.25, 0.3) is 0 Å². The first kappa shape index (κ1) is 13.0. The number of rotatable bonds is 4. The Morgan fingerprint density at radius 2 is 2.19 bits per heavy atom. The monoisotopic (exact) mass is 288 g/mol. The van der Waals surface area contributed by atoms with Gasteiger partial charge in [0.2, 0.25) is 0 Å². The van der Waals surface area contributed by atoms with E-state index < -0.39 is 11.6 Å². The topological polar surface area (TPSA) is 66.8 Å². The van der Waals surface area contributed by atoms with E-state index in [2.05, 4.69) is 15.9 Å².